The zero-order valence-electron chi connectivity index (χ0n) is 14.7. The Morgan fingerprint density at radius 2 is 1.97 bits per heavy atom. The van der Waals surface area contributed by atoms with Crippen molar-refractivity contribution in [1.82, 2.24) is 5.32 Å². The van der Waals surface area contributed by atoms with Crippen LogP contribution in [0.15, 0.2) is 36.4 Å². The fourth-order valence-corrected chi connectivity index (χ4v) is 2.57. The number of anilines is 1. The van der Waals surface area contributed by atoms with E-state index in [1.54, 1.807) is 6.92 Å². The van der Waals surface area contributed by atoms with Gasteiger partial charge in [-0.2, -0.15) is 13.2 Å². The molecule has 7 nitrogen and oxygen atoms in total. The highest BCUT2D eigenvalue weighted by atomic mass is 35.5. The number of benzene rings is 2. The summed E-state index contributed by atoms with van der Waals surface area (Å²) in [5, 5.41) is 15.4. The summed E-state index contributed by atoms with van der Waals surface area (Å²) in [7, 11) is 0. The number of amides is 1. The molecule has 0 atom stereocenters. The summed E-state index contributed by atoms with van der Waals surface area (Å²) < 4.78 is 43.6. The summed E-state index contributed by atoms with van der Waals surface area (Å²) in [5.41, 5.74) is -1.64. The molecule has 2 rings (SSSR count). The van der Waals surface area contributed by atoms with Crippen molar-refractivity contribution in [2.24, 2.45) is 0 Å². The zero-order chi connectivity index (χ0) is 21.8. The van der Waals surface area contributed by atoms with Crippen molar-refractivity contribution in [2.45, 2.75) is 13.1 Å². The quantitative estimate of drug-likeness (QED) is 0.389. The summed E-state index contributed by atoms with van der Waals surface area (Å²) in [6, 6.07) is 6.12. The van der Waals surface area contributed by atoms with E-state index in [2.05, 4.69) is 10.6 Å². The summed E-state index contributed by atoms with van der Waals surface area (Å²) in [4.78, 5) is 22.7. The van der Waals surface area contributed by atoms with E-state index in [4.69, 9.17) is 28.6 Å². The molecule has 2 aromatic rings. The smallest absolute Gasteiger partial charge is 0.416 e. The number of hydrogen-bond acceptors (Lipinski definition) is 5. The van der Waals surface area contributed by atoms with E-state index in [-0.39, 0.29) is 33.7 Å². The molecule has 0 aliphatic heterocycles. The molecule has 0 fully saturated rings. The van der Waals surface area contributed by atoms with Gasteiger partial charge in [0.25, 0.3) is 5.91 Å². The van der Waals surface area contributed by atoms with Gasteiger partial charge in [0.1, 0.15) is 0 Å². The predicted octanol–water partition coefficient (Wildman–Crippen LogP) is 4.79. The van der Waals surface area contributed by atoms with Crippen LogP contribution in [0.4, 0.5) is 24.5 Å². The van der Waals surface area contributed by atoms with Gasteiger partial charge in [0, 0.05) is 11.6 Å². The monoisotopic (exact) mass is 447 g/mol. The number of carbonyl (C=O) groups is 1. The molecule has 0 aliphatic carbocycles. The summed E-state index contributed by atoms with van der Waals surface area (Å²) in [6.07, 6.45) is -4.59. The van der Waals surface area contributed by atoms with Gasteiger partial charge in [-0.05, 0) is 49.5 Å². The van der Waals surface area contributed by atoms with Gasteiger partial charge < -0.3 is 10.1 Å². The van der Waals surface area contributed by atoms with Crippen LogP contribution in [0.1, 0.15) is 22.8 Å². The molecule has 0 spiro atoms. The normalized spacial score (nSPS) is 10.9. The number of nitro groups is 1. The minimum Gasteiger partial charge on any atom is -0.487 e. The van der Waals surface area contributed by atoms with Gasteiger partial charge in [0.05, 0.1) is 27.8 Å². The van der Waals surface area contributed by atoms with Crippen molar-refractivity contribution >= 4 is 46.2 Å². The third kappa shape index (κ3) is 5.78. The van der Waals surface area contributed by atoms with Crippen LogP contribution in [0.3, 0.4) is 0 Å². The Balaban J connectivity index is 2.17. The first-order valence-corrected chi connectivity index (χ1v) is 8.72. The molecule has 12 heteroatoms. The molecule has 0 heterocycles. The molecule has 0 radical (unpaired) electrons. The minimum atomic E-state index is -4.59. The van der Waals surface area contributed by atoms with Crippen LogP contribution < -0.4 is 15.4 Å². The number of halogens is 4. The molecular formula is C17H13ClF3N3O4S. The molecule has 0 saturated heterocycles. The van der Waals surface area contributed by atoms with Gasteiger partial charge in [-0.25, -0.2) is 0 Å². The lowest BCUT2D eigenvalue weighted by Gasteiger charge is -2.14. The Bertz CT molecular complexity index is 969. The summed E-state index contributed by atoms with van der Waals surface area (Å²) in [5.74, 6) is -0.817. The molecule has 0 unspecified atom stereocenters. The van der Waals surface area contributed by atoms with Crippen molar-refractivity contribution in [1.29, 1.82) is 0 Å². The van der Waals surface area contributed by atoms with Crippen LogP contribution in [0.5, 0.6) is 5.75 Å². The van der Waals surface area contributed by atoms with E-state index in [1.165, 1.54) is 12.1 Å². The van der Waals surface area contributed by atoms with Crippen LogP contribution in [-0.2, 0) is 6.18 Å². The second kappa shape index (κ2) is 9.05. The largest absolute Gasteiger partial charge is 0.487 e. The fraction of sp³-hybridized carbons (Fsp3) is 0.176. The molecule has 2 N–H and O–H groups in total. The van der Waals surface area contributed by atoms with E-state index in [9.17, 15) is 28.1 Å². The molecule has 154 valence electrons. The van der Waals surface area contributed by atoms with Crippen LogP contribution >= 0.6 is 23.8 Å². The standard InChI is InChI=1S/C17H13ClF3N3O4S/c1-2-28-14-6-3-9(7-13(14)24(26)27)15(25)23-16(29)22-12-8-10(17(19,20)21)4-5-11(12)18/h3-8H,2H2,1H3,(H2,22,23,25,29). The van der Waals surface area contributed by atoms with Crippen molar-refractivity contribution < 1.29 is 27.6 Å². The molecular weight excluding hydrogens is 435 g/mol. The van der Waals surface area contributed by atoms with Crippen LogP contribution in [0.25, 0.3) is 0 Å². The molecule has 2 aromatic carbocycles. The third-order valence-corrected chi connectivity index (χ3v) is 4.02. The first-order valence-electron chi connectivity index (χ1n) is 7.93. The number of nitrogens with zero attached hydrogens (tertiary/aromatic N) is 1. The molecule has 0 aliphatic rings. The Hall–Kier alpha value is -2.92. The maximum absolute atomic E-state index is 12.8. The molecule has 0 aromatic heterocycles. The average molecular weight is 448 g/mol. The zero-order valence-corrected chi connectivity index (χ0v) is 16.2. The predicted molar refractivity (Wildman–Crippen MR) is 104 cm³/mol. The first-order chi connectivity index (χ1) is 13.5. The topological polar surface area (TPSA) is 93.5 Å². The number of ether oxygens (including phenoxy) is 1. The van der Waals surface area contributed by atoms with Gasteiger partial charge in [-0.1, -0.05) is 11.6 Å². The molecule has 29 heavy (non-hydrogen) atoms. The third-order valence-electron chi connectivity index (χ3n) is 3.49. The number of hydrogen-bond donors (Lipinski definition) is 2. The second-order valence-corrected chi connectivity index (χ2v) is 6.29. The number of nitro benzene ring substituents is 1. The van der Waals surface area contributed by atoms with E-state index in [0.29, 0.717) is 0 Å². The minimum absolute atomic E-state index is 0.00880. The number of carbonyl (C=O) groups excluding carboxylic acids is 1. The van der Waals surface area contributed by atoms with Crippen molar-refractivity contribution in [3.8, 4) is 5.75 Å². The van der Waals surface area contributed by atoms with Gasteiger partial charge >= 0.3 is 11.9 Å². The van der Waals surface area contributed by atoms with Crippen molar-refractivity contribution in [2.75, 3.05) is 11.9 Å². The summed E-state index contributed by atoms with van der Waals surface area (Å²) >= 11 is 10.8. The summed E-state index contributed by atoms with van der Waals surface area (Å²) in [6.45, 7) is 1.84. The maximum atomic E-state index is 12.8. The fourth-order valence-electron chi connectivity index (χ4n) is 2.21. The van der Waals surface area contributed by atoms with Crippen LogP contribution in [0, 0.1) is 10.1 Å². The van der Waals surface area contributed by atoms with Crippen LogP contribution in [-0.4, -0.2) is 22.5 Å². The van der Waals surface area contributed by atoms with Crippen molar-refractivity contribution in [3.05, 3.63) is 62.7 Å². The number of nitrogens with one attached hydrogen (secondary N) is 2. The van der Waals surface area contributed by atoms with E-state index >= 15 is 0 Å². The van der Waals surface area contributed by atoms with E-state index in [1.807, 2.05) is 0 Å². The number of rotatable bonds is 5. The van der Waals surface area contributed by atoms with E-state index < -0.39 is 28.3 Å². The van der Waals surface area contributed by atoms with Gasteiger partial charge in [-0.3, -0.25) is 20.2 Å². The lowest BCUT2D eigenvalue weighted by Crippen LogP contribution is -2.34. The highest BCUT2D eigenvalue weighted by Crippen LogP contribution is 2.34. The highest BCUT2D eigenvalue weighted by Gasteiger charge is 2.31. The average Bonchev–Trinajstić information content (AvgIpc) is 2.62. The number of thiocarbonyl (C=S) groups is 1. The SMILES string of the molecule is CCOc1ccc(C(=O)NC(=S)Nc2cc(C(F)(F)F)ccc2Cl)cc1[N+](=O)[O-]. The Labute approximate surface area is 172 Å². The first kappa shape index (κ1) is 22.4. The molecule has 0 saturated carbocycles. The lowest BCUT2D eigenvalue weighted by atomic mass is 10.1. The Kier molecular flexibility index (Phi) is 6.98. The molecule has 0 bridgehead atoms. The highest BCUT2D eigenvalue weighted by molar-refractivity contribution is 7.80. The van der Waals surface area contributed by atoms with Crippen LogP contribution in [0.2, 0.25) is 5.02 Å². The molecule has 1 amide bonds. The van der Waals surface area contributed by atoms with Crippen molar-refractivity contribution in [3.63, 3.8) is 0 Å². The lowest BCUT2D eigenvalue weighted by molar-refractivity contribution is -0.385. The van der Waals surface area contributed by atoms with Gasteiger partial charge in [0.15, 0.2) is 10.9 Å². The second-order valence-electron chi connectivity index (χ2n) is 5.47. The van der Waals surface area contributed by atoms with Gasteiger partial charge in [-0.15, -0.1) is 0 Å². The number of alkyl halides is 3. The maximum Gasteiger partial charge on any atom is 0.416 e. The van der Waals surface area contributed by atoms with E-state index in [0.717, 1.165) is 24.3 Å². The Morgan fingerprint density at radius 3 is 2.55 bits per heavy atom. The Morgan fingerprint density at radius 1 is 1.28 bits per heavy atom. The van der Waals surface area contributed by atoms with Gasteiger partial charge in [0.2, 0.25) is 0 Å².